The highest BCUT2D eigenvalue weighted by atomic mass is 16.5. The van der Waals surface area contributed by atoms with E-state index in [1.54, 1.807) is 0 Å². The van der Waals surface area contributed by atoms with E-state index in [0.29, 0.717) is 24.4 Å². The fourth-order valence-corrected chi connectivity index (χ4v) is 3.43. The number of ether oxygens (including phenoxy) is 1. The molecule has 3 nitrogen and oxygen atoms in total. The zero-order chi connectivity index (χ0) is 21.8. The number of carbonyl (C=O) groups excluding carboxylic acids is 1. The topological polar surface area (TPSA) is 46.5 Å². The van der Waals surface area contributed by atoms with Gasteiger partial charge in [0.1, 0.15) is 5.75 Å². The molecule has 0 amide bonds. The number of aromatic hydroxyl groups is 1. The molecule has 0 aromatic heterocycles. The van der Waals surface area contributed by atoms with Gasteiger partial charge in [-0.15, -0.1) is 0 Å². The summed E-state index contributed by atoms with van der Waals surface area (Å²) in [5.74, 6) is -0.0564. The standard InChI is InChI=1S/C26H34O3/c1-8-9-12-29-25(28)19(4)22-11-10-17(2)13-20(22)16-21-14-18(3)15-23(24(21)27)26(5,6)7/h10-11,13-15,27H,4,8-9,12,16H2,1-3,5-7H3. The predicted molar refractivity (Wildman–Crippen MR) is 120 cm³/mol. The third-order valence-electron chi connectivity index (χ3n) is 5.09. The highest BCUT2D eigenvalue weighted by molar-refractivity contribution is 6.16. The second-order valence-corrected chi connectivity index (χ2v) is 8.88. The molecule has 29 heavy (non-hydrogen) atoms. The van der Waals surface area contributed by atoms with Crippen LogP contribution in [0.2, 0.25) is 0 Å². The third kappa shape index (κ3) is 5.72. The molecule has 156 valence electrons. The van der Waals surface area contributed by atoms with E-state index in [0.717, 1.165) is 46.2 Å². The van der Waals surface area contributed by atoms with Crippen LogP contribution < -0.4 is 0 Å². The molecule has 0 bridgehead atoms. The van der Waals surface area contributed by atoms with Crippen LogP contribution in [-0.4, -0.2) is 17.7 Å². The average Bonchev–Trinajstić information content (AvgIpc) is 2.63. The van der Waals surface area contributed by atoms with Gasteiger partial charge in [0.15, 0.2) is 0 Å². The Bertz CT molecular complexity index is 901. The van der Waals surface area contributed by atoms with Crippen LogP contribution in [0.5, 0.6) is 5.75 Å². The minimum absolute atomic E-state index is 0.160. The van der Waals surface area contributed by atoms with Gasteiger partial charge in [0.2, 0.25) is 0 Å². The molecule has 0 unspecified atom stereocenters. The van der Waals surface area contributed by atoms with Crippen LogP contribution in [0.4, 0.5) is 0 Å². The number of hydrogen-bond donors (Lipinski definition) is 1. The lowest BCUT2D eigenvalue weighted by atomic mass is 9.83. The fraction of sp³-hybridized carbons (Fsp3) is 0.423. The summed E-state index contributed by atoms with van der Waals surface area (Å²) in [5.41, 5.74) is 5.92. The molecule has 0 aliphatic heterocycles. The van der Waals surface area contributed by atoms with Crippen molar-refractivity contribution in [2.24, 2.45) is 0 Å². The second kappa shape index (κ2) is 9.30. The summed E-state index contributed by atoms with van der Waals surface area (Å²) >= 11 is 0. The smallest absolute Gasteiger partial charge is 0.338 e. The predicted octanol–water partition coefficient (Wildman–Crippen LogP) is 6.25. The molecule has 0 heterocycles. The van der Waals surface area contributed by atoms with Crippen LogP contribution in [0.1, 0.15) is 73.9 Å². The number of phenols is 1. The first-order chi connectivity index (χ1) is 13.5. The molecule has 2 rings (SSSR count). The molecule has 0 fully saturated rings. The lowest BCUT2D eigenvalue weighted by molar-refractivity contribution is -0.136. The Balaban J connectivity index is 2.42. The molecule has 0 atom stereocenters. The molecule has 0 aliphatic carbocycles. The highest BCUT2D eigenvalue weighted by Crippen LogP contribution is 2.36. The molecule has 1 N–H and O–H groups in total. The van der Waals surface area contributed by atoms with Gasteiger partial charge in [-0.2, -0.15) is 0 Å². The number of phenolic OH excluding ortho intramolecular Hbond substituents is 1. The minimum atomic E-state index is -0.382. The van der Waals surface area contributed by atoms with Crippen LogP contribution in [0.25, 0.3) is 5.57 Å². The van der Waals surface area contributed by atoms with Crippen molar-refractivity contribution in [1.82, 2.24) is 0 Å². The van der Waals surface area contributed by atoms with Crippen molar-refractivity contribution in [1.29, 1.82) is 0 Å². The number of unbranched alkanes of at least 4 members (excludes halogenated alkanes) is 1. The summed E-state index contributed by atoms with van der Waals surface area (Å²) in [6, 6.07) is 10.0. The number of esters is 1. The van der Waals surface area contributed by atoms with E-state index >= 15 is 0 Å². The molecular weight excluding hydrogens is 360 g/mol. The summed E-state index contributed by atoms with van der Waals surface area (Å²) in [6.07, 6.45) is 2.33. The normalized spacial score (nSPS) is 11.4. The summed E-state index contributed by atoms with van der Waals surface area (Å²) < 4.78 is 5.35. The first-order valence-corrected chi connectivity index (χ1v) is 10.3. The molecule has 0 spiro atoms. The van der Waals surface area contributed by atoms with Crippen LogP contribution in [0.15, 0.2) is 36.9 Å². The number of hydrogen-bond acceptors (Lipinski definition) is 3. The molecule has 2 aromatic rings. The molecular formula is C26H34O3. The van der Waals surface area contributed by atoms with Crippen molar-refractivity contribution in [2.75, 3.05) is 6.61 Å². The summed E-state index contributed by atoms with van der Waals surface area (Å²) in [6.45, 7) is 16.8. The summed E-state index contributed by atoms with van der Waals surface area (Å²) in [7, 11) is 0. The van der Waals surface area contributed by atoms with E-state index in [4.69, 9.17) is 4.74 Å². The zero-order valence-corrected chi connectivity index (χ0v) is 18.7. The average molecular weight is 395 g/mol. The Morgan fingerprint density at radius 2 is 1.72 bits per heavy atom. The van der Waals surface area contributed by atoms with E-state index in [9.17, 15) is 9.90 Å². The van der Waals surface area contributed by atoms with Gasteiger partial charge in [0.05, 0.1) is 12.2 Å². The quantitative estimate of drug-likeness (QED) is 0.343. The Morgan fingerprint density at radius 1 is 1.07 bits per heavy atom. The lowest BCUT2D eigenvalue weighted by Gasteiger charge is -2.23. The Morgan fingerprint density at radius 3 is 2.34 bits per heavy atom. The third-order valence-corrected chi connectivity index (χ3v) is 5.09. The molecule has 0 saturated carbocycles. The lowest BCUT2D eigenvalue weighted by Crippen LogP contribution is -2.13. The van der Waals surface area contributed by atoms with Gasteiger partial charge >= 0.3 is 5.97 Å². The summed E-state index contributed by atoms with van der Waals surface area (Å²) in [4.78, 5) is 12.4. The number of carbonyl (C=O) groups is 1. The van der Waals surface area contributed by atoms with E-state index < -0.39 is 0 Å². The van der Waals surface area contributed by atoms with Gasteiger partial charge in [0, 0.05) is 6.42 Å². The Labute approximate surface area is 175 Å². The monoisotopic (exact) mass is 394 g/mol. The molecule has 2 aromatic carbocycles. The largest absolute Gasteiger partial charge is 0.507 e. The van der Waals surface area contributed by atoms with Crippen molar-refractivity contribution < 1.29 is 14.6 Å². The van der Waals surface area contributed by atoms with Crippen molar-refractivity contribution in [3.05, 3.63) is 70.3 Å². The van der Waals surface area contributed by atoms with Crippen LogP contribution in [0, 0.1) is 13.8 Å². The van der Waals surface area contributed by atoms with Crippen LogP contribution in [0.3, 0.4) is 0 Å². The maximum absolute atomic E-state index is 12.4. The van der Waals surface area contributed by atoms with Gasteiger partial charge in [-0.25, -0.2) is 4.79 Å². The zero-order valence-electron chi connectivity index (χ0n) is 18.7. The van der Waals surface area contributed by atoms with E-state index in [2.05, 4.69) is 40.3 Å². The number of aryl methyl sites for hydroxylation is 2. The van der Waals surface area contributed by atoms with Crippen molar-refractivity contribution in [2.45, 2.75) is 66.2 Å². The van der Waals surface area contributed by atoms with Crippen molar-refractivity contribution in [3.8, 4) is 5.75 Å². The van der Waals surface area contributed by atoms with Crippen LogP contribution in [-0.2, 0) is 21.4 Å². The second-order valence-electron chi connectivity index (χ2n) is 8.88. The number of benzene rings is 2. The minimum Gasteiger partial charge on any atom is -0.507 e. The van der Waals surface area contributed by atoms with Crippen LogP contribution >= 0.6 is 0 Å². The van der Waals surface area contributed by atoms with Gasteiger partial charge in [0.25, 0.3) is 0 Å². The van der Waals surface area contributed by atoms with Gasteiger partial charge in [-0.3, -0.25) is 0 Å². The Hall–Kier alpha value is -2.55. The fourth-order valence-electron chi connectivity index (χ4n) is 3.43. The van der Waals surface area contributed by atoms with E-state index in [1.807, 2.05) is 38.1 Å². The van der Waals surface area contributed by atoms with Gasteiger partial charge in [-0.05, 0) is 47.9 Å². The Kier molecular flexibility index (Phi) is 7.29. The van der Waals surface area contributed by atoms with E-state index in [-0.39, 0.29) is 11.4 Å². The van der Waals surface area contributed by atoms with Gasteiger partial charge in [-0.1, -0.05) is 82.2 Å². The van der Waals surface area contributed by atoms with E-state index in [1.165, 1.54) is 0 Å². The summed E-state index contributed by atoms with van der Waals surface area (Å²) in [5, 5.41) is 10.9. The molecule has 3 heteroatoms. The maximum Gasteiger partial charge on any atom is 0.338 e. The molecule has 0 radical (unpaired) electrons. The first-order valence-electron chi connectivity index (χ1n) is 10.3. The highest BCUT2D eigenvalue weighted by Gasteiger charge is 2.22. The SMILES string of the molecule is C=C(C(=O)OCCCC)c1ccc(C)cc1Cc1cc(C)cc(C(C)(C)C)c1O. The maximum atomic E-state index is 12.4. The molecule has 0 aliphatic rings. The van der Waals surface area contributed by atoms with Crippen molar-refractivity contribution >= 4 is 11.5 Å². The number of rotatable bonds is 7. The van der Waals surface area contributed by atoms with Crippen molar-refractivity contribution in [3.63, 3.8) is 0 Å². The van der Waals surface area contributed by atoms with Gasteiger partial charge < -0.3 is 9.84 Å². The first kappa shape index (κ1) is 22.7. The molecule has 0 saturated heterocycles.